The summed E-state index contributed by atoms with van der Waals surface area (Å²) in [5.74, 6) is -1.02. The quantitative estimate of drug-likeness (QED) is 0.809. The van der Waals surface area contributed by atoms with E-state index in [4.69, 9.17) is 4.74 Å². The molecule has 2 nitrogen and oxygen atoms in total. The molecule has 20 heavy (non-hydrogen) atoms. The minimum atomic E-state index is -0.511. The number of ether oxygens (including phenoxy) is 1. The van der Waals surface area contributed by atoms with Crippen LogP contribution < -0.4 is 5.32 Å². The van der Waals surface area contributed by atoms with Crippen molar-refractivity contribution in [3.8, 4) is 0 Å². The van der Waals surface area contributed by atoms with Crippen LogP contribution in [-0.4, -0.2) is 25.8 Å². The van der Waals surface area contributed by atoms with Crippen LogP contribution in [0.15, 0.2) is 18.2 Å². The van der Waals surface area contributed by atoms with Gasteiger partial charge in [-0.1, -0.05) is 6.92 Å². The molecule has 4 heteroatoms. The highest BCUT2D eigenvalue weighted by molar-refractivity contribution is 5.20. The number of halogens is 2. The topological polar surface area (TPSA) is 21.3 Å². The van der Waals surface area contributed by atoms with E-state index < -0.39 is 11.6 Å². The summed E-state index contributed by atoms with van der Waals surface area (Å²) in [5, 5.41) is 3.43. The second-order valence-electron chi connectivity index (χ2n) is 5.76. The monoisotopic (exact) mass is 283 g/mol. The molecule has 1 fully saturated rings. The van der Waals surface area contributed by atoms with Crippen molar-refractivity contribution in [1.82, 2.24) is 5.32 Å². The van der Waals surface area contributed by atoms with Crippen molar-refractivity contribution in [1.29, 1.82) is 0 Å². The van der Waals surface area contributed by atoms with Gasteiger partial charge in [-0.2, -0.15) is 0 Å². The molecule has 1 aliphatic rings. The zero-order valence-electron chi connectivity index (χ0n) is 12.2. The minimum Gasteiger partial charge on any atom is -0.378 e. The number of rotatable bonds is 6. The third kappa shape index (κ3) is 3.55. The Labute approximate surface area is 119 Å². The number of hydrogen-bond acceptors (Lipinski definition) is 2. The van der Waals surface area contributed by atoms with Gasteiger partial charge in [0, 0.05) is 24.6 Å². The summed E-state index contributed by atoms with van der Waals surface area (Å²) in [5.41, 5.74) is 0.633. The van der Waals surface area contributed by atoms with Crippen molar-refractivity contribution in [2.45, 2.75) is 39.2 Å². The zero-order chi connectivity index (χ0) is 14.6. The van der Waals surface area contributed by atoms with E-state index in [1.165, 1.54) is 12.1 Å². The van der Waals surface area contributed by atoms with Crippen LogP contribution >= 0.6 is 0 Å². The van der Waals surface area contributed by atoms with E-state index in [-0.39, 0.29) is 11.5 Å². The summed E-state index contributed by atoms with van der Waals surface area (Å²) in [6.45, 7) is 6.66. The highest BCUT2D eigenvalue weighted by Crippen LogP contribution is 2.38. The van der Waals surface area contributed by atoms with Crippen molar-refractivity contribution in [3.63, 3.8) is 0 Å². The van der Waals surface area contributed by atoms with Gasteiger partial charge in [0.25, 0.3) is 0 Å². The first-order valence-corrected chi connectivity index (χ1v) is 7.33. The van der Waals surface area contributed by atoms with Crippen molar-refractivity contribution in [2.24, 2.45) is 5.41 Å². The lowest BCUT2D eigenvalue weighted by atomic mass is 9.76. The molecule has 1 N–H and O–H groups in total. The maximum Gasteiger partial charge on any atom is 0.126 e. The van der Waals surface area contributed by atoms with Crippen LogP contribution in [0.2, 0.25) is 0 Å². The molecule has 2 unspecified atom stereocenters. The van der Waals surface area contributed by atoms with Crippen LogP contribution in [0.5, 0.6) is 0 Å². The predicted octanol–water partition coefficient (Wildman–Crippen LogP) is 3.30. The first-order valence-electron chi connectivity index (χ1n) is 7.33. The molecule has 2 rings (SSSR count). The number of nitrogens with one attached hydrogen (secondary N) is 1. The summed E-state index contributed by atoms with van der Waals surface area (Å²) in [7, 11) is 0. The molecule has 1 aromatic rings. The summed E-state index contributed by atoms with van der Waals surface area (Å²) < 4.78 is 32.4. The Morgan fingerprint density at radius 3 is 2.55 bits per heavy atom. The maximum atomic E-state index is 13.3. The maximum absolute atomic E-state index is 13.3. The summed E-state index contributed by atoms with van der Waals surface area (Å²) in [6, 6.07) is 3.77. The fourth-order valence-corrected chi connectivity index (χ4v) is 2.98. The van der Waals surface area contributed by atoms with Gasteiger partial charge in [0.1, 0.15) is 11.6 Å². The van der Waals surface area contributed by atoms with Gasteiger partial charge in [-0.05, 0) is 50.4 Å². The van der Waals surface area contributed by atoms with E-state index >= 15 is 0 Å². The van der Waals surface area contributed by atoms with Crippen LogP contribution in [0.3, 0.4) is 0 Å². The second kappa shape index (κ2) is 6.64. The Kier molecular flexibility index (Phi) is 5.11. The van der Waals surface area contributed by atoms with Crippen molar-refractivity contribution in [3.05, 3.63) is 35.4 Å². The fraction of sp³-hybridized carbons (Fsp3) is 0.625. The first kappa shape index (κ1) is 15.4. The molecule has 0 aromatic heterocycles. The Morgan fingerprint density at radius 1 is 1.30 bits per heavy atom. The highest BCUT2D eigenvalue weighted by Gasteiger charge is 2.41. The number of hydrogen-bond donors (Lipinski definition) is 1. The third-order valence-electron chi connectivity index (χ3n) is 4.21. The molecule has 1 aliphatic heterocycles. The molecular weight excluding hydrogens is 260 g/mol. The Balaban J connectivity index is 2.15. The number of benzene rings is 1. The fourth-order valence-electron chi connectivity index (χ4n) is 2.98. The lowest BCUT2D eigenvalue weighted by Gasteiger charge is -2.33. The Morgan fingerprint density at radius 2 is 2.00 bits per heavy atom. The SMILES string of the molecule is CCCNCC1(Cc2cc(F)cc(F)c2)CCOC1C. The van der Waals surface area contributed by atoms with Crippen molar-refractivity contribution in [2.75, 3.05) is 19.7 Å². The molecular formula is C16H23F2NO. The van der Waals surface area contributed by atoms with Crippen LogP contribution in [-0.2, 0) is 11.2 Å². The van der Waals surface area contributed by atoms with Gasteiger partial charge >= 0.3 is 0 Å². The van der Waals surface area contributed by atoms with Crippen molar-refractivity contribution < 1.29 is 13.5 Å². The van der Waals surface area contributed by atoms with Gasteiger partial charge in [-0.3, -0.25) is 0 Å². The molecule has 0 aliphatic carbocycles. The van der Waals surface area contributed by atoms with E-state index in [2.05, 4.69) is 19.2 Å². The average molecular weight is 283 g/mol. The van der Waals surface area contributed by atoms with E-state index in [9.17, 15) is 8.78 Å². The van der Waals surface area contributed by atoms with E-state index in [0.717, 1.165) is 32.0 Å². The molecule has 1 aromatic carbocycles. The van der Waals surface area contributed by atoms with Crippen LogP contribution in [0.1, 0.15) is 32.3 Å². The first-order chi connectivity index (χ1) is 9.55. The van der Waals surface area contributed by atoms with E-state index in [1.54, 1.807) is 0 Å². The minimum absolute atomic E-state index is 0.0740. The second-order valence-corrected chi connectivity index (χ2v) is 5.76. The molecule has 2 atom stereocenters. The largest absolute Gasteiger partial charge is 0.378 e. The molecule has 0 amide bonds. The molecule has 0 spiro atoms. The van der Waals surface area contributed by atoms with Gasteiger partial charge in [0.15, 0.2) is 0 Å². The Bertz CT molecular complexity index is 432. The Hall–Kier alpha value is -1.00. The predicted molar refractivity (Wildman–Crippen MR) is 75.7 cm³/mol. The van der Waals surface area contributed by atoms with Crippen molar-refractivity contribution >= 4 is 0 Å². The molecule has 0 saturated carbocycles. The molecule has 0 radical (unpaired) electrons. The van der Waals surface area contributed by atoms with E-state index in [0.29, 0.717) is 18.6 Å². The van der Waals surface area contributed by atoms with Gasteiger partial charge in [-0.25, -0.2) is 8.78 Å². The lowest BCUT2D eigenvalue weighted by molar-refractivity contribution is 0.0630. The zero-order valence-corrected chi connectivity index (χ0v) is 12.2. The average Bonchev–Trinajstić information content (AvgIpc) is 2.70. The summed E-state index contributed by atoms with van der Waals surface area (Å²) in [4.78, 5) is 0. The highest BCUT2D eigenvalue weighted by atomic mass is 19.1. The molecule has 112 valence electrons. The molecule has 0 bridgehead atoms. The van der Waals surface area contributed by atoms with Crippen LogP contribution in [0, 0.1) is 17.0 Å². The molecule has 1 saturated heterocycles. The smallest absolute Gasteiger partial charge is 0.126 e. The van der Waals surface area contributed by atoms with Crippen LogP contribution in [0.4, 0.5) is 8.78 Å². The van der Waals surface area contributed by atoms with E-state index in [1.807, 2.05) is 0 Å². The lowest BCUT2D eigenvalue weighted by Crippen LogP contribution is -2.41. The summed E-state index contributed by atoms with van der Waals surface area (Å²) in [6.07, 6.45) is 2.72. The summed E-state index contributed by atoms with van der Waals surface area (Å²) >= 11 is 0. The normalized spacial score (nSPS) is 26.1. The van der Waals surface area contributed by atoms with Gasteiger partial charge in [-0.15, -0.1) is 0 Å². The van der Waals surface area contributed by atoms with Gasteiger partial charge in [0.2, 0.25) is 0 Å². The van der Waals surface area contributed by atoms with Gasteiger partial charge < -0.3 is 10.1 Å². The standard InChI is InChI=1S/C16H23F2NO/c1-3-5-19-11-16(4-6-20-12(16)2)10-13-7-14(17)9-15(18)8-13/h7-9,12,19H,3-6,10-11H2,1-2H3. The van der Waals surface area contributed by atoms with Gasteiger partial charge in [0.05, 0.1) is 6.10 Å². The molecule has 1 heterocycles. The third-order valence-corrected chi connectivity index (χ3v) is 4.21. The van der Waals surface area contributed by atoms with Crippen LogP contribution in [0.25, 0.3) is 0 Å².